The molecule has 13 heteroatoms. The first kappa shape index (κ1) is 31.3. The maximum absolute atomic E-state index is 12.3. The monoisotopic (exact) mass is 516 g/mol. The zero-order valence-electron chi connectivity index (χ0n) is 21.8. The van der Waals surface area contributed by atoms with E-state index in [1.165, 1.54) is 19.1 Å². The molecule has 0 bridgehead atoms. The summed E-state index contributed by atoms with van der Waals surface area (Å²) in [6, 6.07) is 0. The Hall–Kier alpha value is -2.77. The van der Waals surface area contributed by atoms with Crippen LogP contribution in [0.4, 0.5) is 0 Å². The predicted octanol–water partition coefficient (Wildman–Crippen LogP) is -0.709. The van der Waals surface area contributed by atoms with E-state index in [1.807, 2.05) is 9.80 Å². The molecule has 0 N–H and O–H groups in total. The van der Waals surface area contributed by atoms with E-state index in [1.54, 1.807) is 19.0 Å². The molecule has 0 aromatic rings. The maximum atomic E-state index is 12.3. The van der Waals surface area contributed by atoms with Gasteiger partial charge in [0.1, 0.15) is 20.0 Å². The van der Waals surface area contributed by atoms with Crippen LogP contribution in [0.5, 0.6) is 0 Å². The molecular weight excluding hydrogens is 476 g/mol. The first-order chi connectivity index (χ1) is 17.2. The fourth-order valence-corrected chi connectivity index (χ4v) is 4.25. The van der Waals surface area contributed by atoms with E-state index < -0.39 is 17.5 Å². The first-order valence-corrected chi connectivity index (χ1v) is 11.9. The third-order valence-electron chi connectivity index (χ3n) is 6.35. The summed E-state index contributed by atoms with van der Waals surface area (Å²) in [6.07, 6.45) is 2.69. The number of rotatable bonds is 16. The SMILES string of the molecule is COC(=O)CN1CCN(COC=O)CCC(CCCCC(=O)N(C)C)(N(COC=O)CC(=O)OC)C1. The molecule has 0 aliphatic carbocycles. The number of hydrogen-bond donors (Lipinski definition) is 0. The molecular formula is C23H40N4O9. The van der Waals surface area contributed by atoms with Crippen molar-refractivity contribution in [1.82, 2.24) is 19.6 Å². The molecule has 1 saturated heterocycles. The minimum atomic E-state index is -0.730. The number of esters is 2. The summed E-state index contributed by atoms with van der Waals surface area (Å²) in [6.45, 7) is 2.39. The largest absolute Gasteiger partial charge is 0.468 e. The van der Waals surface area contributed by atoms with Crippen LogP contribution in [0.15, 0.2) is 0 Å². The number of hydrogen-bond acceptors (Lipinski definition) is 12. The lowest BCUT2D eigenvalue weighted by Gasteiger charge is -2.48. The van der Waals surface area contributed by atoms with E-state index >= 15 is 0 Å². The Labute approximate surface area is 212 Å². The molecule has 1 rings (SSSR count). The fourth-order valence-electron chi connectivity index (χ4n) is 4.25. The number of unbranched alkanes of at least 4 members (excludes halogenated alkanes) is 1. The van der Waals surface area contributed by atoms with Crippen molar-refractivity contribution in [3.8, 4) is 0 Å². The lowest BCUT2D eigenvalue weighted by Crippen LogP contribution is -2.61. The summed E-state index contributed by atoms with van der Waals surface area (Å²) >= 11 is 0. The highest BCUT2D eigenvalue weighted by Crippen LogP contribution is 2.30. The van der Waals surface area contributed by atoms with Gasteiger partial charge in [-0.25, -0.2) is 0 Å². The molecule has 0 spiro atoms. The zero-order chi connectivity index (χ0) is 27.0. The predicted molar refractivity (Wildman–Crippen MR) is 127 cm³/mol. The van der Waals surface area contributed by atoms with Crippen LogP contribution >= 0.6 is 0 Å². The third kappa shape index (κ3) is 10.9. The molecule has 1 fully saturated rings. The number of carbonyl (C=O) groups excluding carboxylic acids is 5. The van der Waals surface area contributed by atoms with Gasteiger partial charge in [0.2, 0.25) is 5.91 Å². The van der Waals surface area contributed by atoms with E-state index in [-0.39, 0.29) is 32.5 Å². The van der Waals surface area contributed by atoms with Crippen molar-refractivity contribution < 1.29 is 42.9 Å². The Morgan fingerprint density at radius 3 is 2.19 bits per heavy atom. The smallest absolute Gasteiger partial charge is 0.319 e. The molecule has 0 aromatic carbocycles. The van der Waals surface area contributed by atoms with Crippen LogP contribution < -0.4 is 0 Å². The molecule has 1 aliphatic heterocycles. The maximum Gasteiger partial charge on any atom is 0.319 e. The average molecular weight is 517 g/mol. The van der Waals surface area contributed by atoms with Crippen LogP contribution in [0.3, 0.4) is 0 Å². The Kier molecular flexibility index (Phi) is 14.6. The van der Waals surface area contributed by atoms with E-state index in [9.17, 15) is 24.0 Å². The molecule has 1 amide bonds. The highest BCUT2D eigenvalue weighted by molar-refractivity contribution is 5.75. The summed E-state index contributed by atoms with van der Waals surface area (Å²) in [4.78, 5) is 65.5. The van der Waals surface area contributed by atoms with Crippen LogP contribution in [0.1, 0.15) is 32.1 Å². The van der Waals surface area contributed by atoms with Gasteiger partial charge >= 0.3 is 11.9 Å². The molecule has 1 atom stereocenters. The van der Waals surface area contributed by atoms with Crippen molar-refractivity contribution >= 4 is 30.8 Å². The molecule has 0 saturated carbocycles. The van der Waals surface area contributed by atoms with Gasteiger partial charge in [-0.3, -0.25) is 38.7 Å². The van der Waals surface area contributed by atoms with E-state index in [0.29, 0.717) is 71.2 Å². The number of amides is 1. The molecule has 1 aliphatic rings. The van der Waals surface area contributed by atoms with Gasteiger partial charge in [0.05, 0.1) is 20.8 Å². The molecule has 0 radical (unpaired) electrons. The van der Waals surface area contributed by atoms with Gasteiger partial charge < -0.3 is 23.8 Å². The van der Waals surface area contributed by atoms with Gasteiger partial charge in [-0.2, -0.15) is 0 Å². The van der Waals surface area contributed by atoms with Crippen LogP contribution in [0, 0.1) is 0 Å². The summed E-state index contributed by atoms with van der Waals surface area (Å²) in [5.74, 6) is -0.906. The number of ether oxygens (including phenoxy) is 4. The molecule has 206 valence electrons. The quantitative estimate of drug-likeness (QED) is 0.0843. The minimum Gasteiger partial charge on any atom is -0.468 e. The van der Waals surface area contributed by atoms with Gasteiger partial charge in [0.15, 0.2) is 0 Å². The van der Waals surface area contributed by atoms with Gasteiger partial charge in [-0.05, 0) is 19.3 Å². The third-order valence-corrected chi connectivity index (χ3v) is 6.35. The molecule has 1 unspecified atom stereocenters. The van der Waals surface area contributed by atoms with E-state index in [4.69, 9.17) is 18.9 Å². The standard InChI is InChI=1S/C23H40N4O9/c1-24(2)20(30)7-5-6-8-23(27(17-36-19-29)14-22(32)34-4)9-10-25(16-35-18-28)11-12-26(15-23)13-21(31)33-3/h18-19H,5-17H2,1-4H3. The second kappa shape index (κ2) is 16.8. The molecule has 0 aromatic heterocycles. The van der Waals surface area contributed by atoms with E-state index in [2.05, 4.69) is 0 Å². The Balaban J connectivity index is 3.31. The lowest BCUT2D eigenvalue weighted by atomic mass is 9.85. The molecule has 36 heavy (non-hydrogen) atoms. The van der Waals surface area contributed by atoms with Crippen molar-refractivity contribution in [2.75, 3.05) is 81.0 Å². The number of carbonyl (C=O) groups is 5. The zero-order valence-corrected chi connectivity index (χ0v) is 21.8. The summed E-state index contributed by atoms with van der Waals surface area (Å²) in [5.41, 5.74) is -0.730. The van der Waals surface area contributed by atoms with Crippen LogP contribution in [0.25, 0.3) is 0 Å². The van der Waals surface area contributed by atoms with Crippen molar-refractivity contribution in [2.24, 2.45) is 0 Å². The Morgan fingerprint density at radius 1 is 0.917 bits per heavy atom. The fraction of sp³-hybridized carbons (Fsp3) is 0.783. The minimum absolute atomic E-state index is 0.0142. The van der Waals surface area contributed by atoms with E-state index in [0.717, 1.165) is 0 Å². The van der Waals surface area contributed by atoms with Crippen molar-refractivity contribution in [3.05, 3.63) is 0 Å². The molecule has 1 heterocycles. The highest BCUT2D eigenvalue weighted by Gasteiger charge is 2.41. The topological polar surface area (TPSA) is 135 Å². The van der Waals surface area contributed by atoms with Gasteiger partial charge in [-0.1, -0.05) is 6.42 Å². The number of methoxy groups -OCH3 is 2. The first-order valence-electron chi connectivity index (χ1n) is 11.9. The number of nitrogens with zero attached hydrogens (tertiary/aromatic N) is 4. The van der Waals surface area contributed by atoms with Crippen LogP contribution in [-0.4, -0.2) is 137 Å². The van der Waals surface area contributed by atoms with Crippen molar-refractivity contribution in [1.29, 1.82) is 0 Å². The summed E-state index contributed by atoms with van der Waals surface area (Å²) in [5, 5.41) is 0. The normalized spacial score (nSPS) is 19.0. The van der Waals surface area contributed by atoms with Crippen LogP contribution in [0.2, 0.25) is 0 Å². The summed E-state index contributed by atoms with van der Waals surface area (Å²) in [7, 11) is 6.00. The molecule has 13 nitrogen and oxygen atoms in total. The Bertz CT molecular complexity index is 722. The van der Waals surface area contributed by atoms with Gasteiger partial charge in [-0.15, -0.1) is 0 Å². The van der Waals surface area contributed by atoms with Crippen molar-refractivity contribution in [2.45, 2.75) is 37.6 Å². The average Bonchev–Trinajstić information content (AvgIpc) is 2.86. The lowest BCUT2D eigenvalue weighted by molar-refractivity contribution is -0.154. The second-order valence-electron chi connectivity index (χ2n) is 8.93. The van der Waals surface area contributed by atoms with Crippen molar-refractivity contribution in [3.63, 3.8) is 0 Å². The van der Waals surface area contributed by atoms with Gasteiger partial charge in [0, 0.05) is 52.2 Å². The highest BCUT2D eigenvalue weighted by atomic mass is 16.5. The Morgan fingerprint density at radius 2 is 1.58 bits per heavy atom. The van der Waals surface area contributed by atoms with Gasteiger partial charge in [0.25, 0.3) is 12.9 Å². The second-order valence-corrected chi connectivity index (χ2v) is 8.93. The van der Waals surface area contributed by atoms with Crippen LogP contribution in [-0.2, 0) is 42.9 Å². The summed E-state index contributed by atoms with van der Waals surface area (Å²) < 4.78 is 19.8.